The minimum Gasteiger partial charge on any atom is -0.508 e. The van der Waals surface area contributed by atoms with Crippen LogP contribution in [0, 0.1) is 0 Å². The van der Waals surface area contributed by atoms with Gasteiger partial charge in [-0.05, 0) is 31.7 Å². The third-order valence-electron chi connectivity index (χ3n) is 2.16. The molecule has 2 atom stereocenters. The van der Waals surface area contributed by atoms with Gasteiger partial charge in [0.2, 0.25) is 0 Å². The zero-order valence-electron chi connectivity index (χ0n) is 7.86. The van der Waals surface area contributed by atoms with Gasteiger partial charge in [0.25, 0.3) is 0 Å². The number of likely N-dealkylation sites (N-methyl/N-ethyl adjacent to an activating group) is 1. The molecule has 13 heavy (non-hydrogen) atoms. The molecule has 0 aliphatic carbocycles. The topological polar surface area (TPSA) is 52.5 Å². The number of phenolic OH excluding ortho intramolecular Hbond substituents is 1. The molecule has 0 amide bonds. The van der Waals surface area contributed by atoms with Gasteiger partial charge in [-0.3, -0.25) is 0 Å². The smallest absolute Gasteiger partial charge is 0.115 e. The Bertz CT molecular complexity index is 258. The zero-order valence-corrected chi connectivity index (χ0v) is 7.86. The largest absolute Gasteiger partial charge is 0.508 e. The molecular weight excluding hydrogens is 166 g/mol. The molecule has 0 aliphatic heterocycles. The van der Waals surface area contributed by atoms with Crippen LogP contribution in [0.5, 0.6) is 5.75 Å². The number of hydrogen-bond donors (Lipinski definition) is 3. The van der Waals surface area contributed by atoms with Crippen LogP contribution in [0.1, 0.15) is 18.6 Å². The molecule has 3 nitrogen and oxygen atoms in total. The summed E-state index contributed by atoms with van der Waals surface area (Å²) < 4.78 is 0. The van der Waals surface area contributed by atoms with Crippen molar-refractivity contribution in [3.63, 3.8) is 0 Å². The second-order valence-corrected chi connectivity index (χ2v) is 3.11. The predicted molar refractivity (Wildman–Crippen MR) is 51.6 cm³/mol. The van der Waals surface area contributed by atoms with Gasteiger partial charge in [-0.2, -0.15) is 0 Å². The summed E-state index contributed by atoms with van der Waals surface area (Å²) in [6, 6.07) is 6.58. The fraction of sp³-hybridized carbons (Fsp3) is 0.400. The molecule has 0 fully saturated rings. The van der Waals surface area contributed by atoms with Crippen molar-refractivity contribution in [3.8, 4) is 5.75 Å². The molecule has 0 saturated heterocycles. The Balaban J connectivity index is 2.77. The Labute approximate surface area is 78.0 Å². The van der Waals surface area contributed by atoms with E-state index in [9.17, 15) is 5.11 Å². The summed E-state index contributed by atoms with van der Waals surface area (Å²) in [7, 11) is 1.80. The first kappa shape index (κ1) is 10.0. The molecule has 1 aromatic rings. The van der Waals surface area contributed by atoms with E-state index in [-0.39, 0.29) is 11.8 Å². The van der Waals surface area contributed by atoms with E-state index in [2.05, 4.69) is 5.32 Å². The van der Waals surface area contributed by atoms with Crippen molar-refractivity contribution in [2.75, 3.05) is 7.05 Å². The molecule has 0 saturated carbocycles. The molecule has 1 rings (SSSR count). The third-order valence-corrected chi connectivity index (χ3v) is 2.16. The van der Waals surface area contributed by atoms with Gasteiger partial charge in [0.15, 0.2) is 0 Å². The molecule has 0 spiro atoms. The van der Waals surface area contributed by atoms with E-state index in [1.165, 1.54) is 0 Å². The number of aliphatic hydroxyl groups is 1. The molecule has 1 unspecified atom stereocenters. The highest BCUT2D eigenvalue weighted by molar-refractivity contribution is 5.27. The fourth-order valence-electron chi connectivity index (χ4n) is 1.12. The lowest BCUT2D eigenvalue weighted by Crippen LogP contribution is -2.28. The molecule has 0 heterocycles. The minimum absolute atomic E-state index is 0.00421. The normalized spacial score (nSPS) is 15.3. The van der Waals surface area contributed by atoms with Gasteiger partial charge in [-0.15, -0.1) is 0 Å². The zero-order chi connectivity index (χ0) is 9.84. The van der Waals surface area contributed by atoms with Crippen molar-refractivity contribution < 1.29 is 10.2 Å². The third kappa shape index (κ3) is 2.44. The van der Waals surface area contributed by atoms with E-state index in [4.69, 9.17) is 5.11 Å². The number of aromatic hydroxyl groups is 1. The Morgan fingerprint density at radius 3 is 2.23 bits per heavy atom. The average Bonchev–Trinajstić information content (AvgIpc) is 2.17. The average molecular weight is 181 g/mol. The lowest BCUT2D eigenvalue weighted by molar-refractivity contribution is 0.140. The summed E-state index contributed by atoms with van der Waals surface area (Å²) >= 11 is 0. The molecular formula is C10H15NO2. The van der Waals surface area contributed by atoms with E-state index in [0.717, 1.165) is 5.56 Å². The molecule has 1 aromatic carbocycles. The van der Waals surface area contributed by atoms with Crippen molar-refractivity contribution >= 4 is 0 Å². The van der Waals surface area contributed by atoms with E-state index in [0.29, 0.717) is 0 Å². The van der Waals surface area contributed by atoms with Crippen LogP contribution in [-0.4, -0.2) is 23.3 Å². The second kappa shape index (κ2) is 4.25. The van der Waals surface area contributed by atoms with Gasteiger partial charge in [0.1, 0.15) is 5.75 Å². The molecule has 0 aromatic heterocycles. The number of phenols is 1. The van der Waals surface area contributed by atoms with Crippen LogP contribution in [0.15, 0.2) is 24.3 Å². The first-order valence-corrected chi connectivity index (χ1v) is 4.29. The molecule has 72 valence electrons. The van der Waals surface area contributed by atoms with Gasteiger partial charge < -0.3 is 15.5 Å². The highest BCUT2D eigenvalue weighted by atomic mass is 16.3. The van der Waals surface area contributed by atoms with Crippen molar-refractivity contribution in [2.45, 2.75) is 19.1 Å². The number of benzene rings is 1. The van der Waals surface area contributed by atoms with Crippen LogP contribution in [-0.2, 0) is 0 Å². The van der Waals surface area contributed by atoms with Crippen molar-refractivity contribution in [2.24, 2.45) is 0 Å². The van der Waals surface area contributed by atoms with Crippen molar-refractivity contribution in [1.82, 2.24) is 5.32 Å². The van der Waals surface area contributed by atoms with E-state index in [1.54, 1.807) is 31.3 Å². The van der Waals surface area contributed by atoms with Gasteiger partial charge in [-0.25, -0.2) is 0 Å². The lowest BCUT2D eigenvalue weighted by Gasteiger charge is -2.18. The molecule has 3 N–H and O–H groups in total. The van der Waals surface area contributed by atoms with Crippen LogP contribution in [0.2, 0.25) is 0 Å². The Morgan fingerprint density at radius 2 is 1.77 bits per heavy atom. The molecule has 0 radical (unpaired) electrons. The van der Waals surface area contributed by atoms with E-state index < -0.39 is 6.10 Å². The molecule has 0 bridgehead atoms. The Morgan fingerprint density at radius 1 is 1.23 bits per heavy atom. The monoisotopic (exact) mass is 181 g/mol. The van der Waals surface area contributed by atoms with Crippen LogP contribution >= 0.6 is 0 Å². The lowest BCUT2D eigenvalue weighted by atomic mass is 10.0. The highest BCUT2D eigenvalue weighted by Gasteiger charge is 2.13. The Kier molecular flexibility index (Phi) is 3.28. The second-order valence-electron chi connectivity index (χ2n) is 3.11. The summed E-state index contributed by atoms with van der Waals surface area (Å²) in [5, 5.41) is 21.7. The first-order chi connectivity index (χ1) is 6.15. The first-order valence-electron chi connectivity index (χ1n) is 4.29. The van der Waals surface area contributed by atoms with Gasteiger partial charge >= 0.3 is 0 Å². The number of aliphatic hydroxyl groups excluding tert-OH is 1. The quantitative estimate of drug-likeness (QED) is 0.653. The van der Waals surface area contributed by atoms with Crippen LogP contribution in [0.4, 0.5) is 0 Å². The maximum Gasteiger partial charge on any atom is 0.115 e. The van der Waals surface area contributed by atoms with E-state index >= 15 is 0 Å². The number of hydrogen-bond acceptors (Lipinski definition) is 3. The number of rotatable bonds is 3. The predicted octanol–water partition coefficient (Wildman–Crippen LogP) is 1.03. The molecule has 0 aliphatic rings. The van der Waals surface area contributed by atoms with Gasteiger partial charge in [0.05, 0.1) is 6.10 Å². The van der Waals surface area contributed by atoms with Crippen LogP contribution in [0.3, 0.4) is 0 Å². The number of nitrogens with one attached hydrogen (secondary N) is 1. The van der Waals surface area contributed by atoms with Gasteiger partial charge in [0, 0.05) is 6.04 Å². The maximum atomic E-state index is 9.74. The Hall–Kier alpha value is -1.06. The summed E-state index contributed by atoms with van der Waals surface area (Å²) in [6.45, 7) is 1.90. The summed E-state index contributed by atoms with van der Waals surface area (Å²) in [5.41, 5.74) is 0.805. The standard InChI is InChI=1S/C10H15NO2/c1-7(11-2)10(13)8-3-5-9(12)6-4-8/h3-7,10-13H,1-2H3/t7?,10-/m0/s1. The molecule has 3 heteroatoms. The summed E-state index contributed by atoms with van der Waals surface area (Å²) in [6.07, 6.45) is -0.536. The SMILES string of the molecule is CNC(C)[C@H](O)c1ccc(O)cc1. The summed E-state index contributed by atoms with van der Waals surface area (Å²) in [4.78, 5) is 0. The minimum atomic E-state index is -0.536. The van der Waals surface area contributed by atoms with Crippen molar-refractivity contribution in [3.05, 3.63) is 29.8 Å². The maximum absolute atomic E-state index is 9.74. The van der Waals surface area contributed by atoms with E-state index in [1.807, 2.05) is 6.92 Å². The van der Waals surface area contributed by atoms with Crippen LogP contribution in [0.25, 0.3) is 0 Å². The summed E-state index contributed by atoms with van der Waals surface area (Å²) in [5.74, 6) is 0.216. The van der Waals surface area contributed by atoms with Crippen LogP contribution < -0.4 is 5.32 Å². The highest BCUT2D eigenvalue weighted by Crippen LogP contribution is 2.19. The van der Waals surface area contributed by atoms with Crippen molar-refractivity contribution in [1.29, 1.82) is 0 Å². The fourth-order valence-corrected chi connectivity index (χ4v) is 1.12. The van der Waals surface area contributed by atoms with Gasteiger partial charge in [-0.1, -0.05) is 12.1 Å².